The van der Waals surface area contributed by atoms with Gasteiger partial charge in [-0.15, -0.1) is 0 Å². The Bertz CT molecular complexity index is 845. The first kappa shape index (κ1) is 52.2. The maximum atomic E-state index is 13.0. The van der Waals surface area contributed by atoms with E-state index in [9.17, 15) is 30.3 Å². The molecule has 1 rings (SSSR count). The third kappa shape index (κ3) is 28.3. The summed E-state index contributed by atoms with van der Waals surface area (Å²) in [5.74, 6) is 0.646. The second kappa shape index (κ2) is 36.3. The molecule has 55 heavy (non-hydrogen) atoms. The van der Waals surface area contributed by atoms with Gasteiger partial charge in [0.1, 0.15) is 24.4 Å². The van der Waals surface area contributed by atoms with Crippen molar-refractivity contribution in [3.63, 3.8) is 0 Å². The third-order valence-electron chi connectivity index (χ3n) is 11.6. The number of ether oxygens (including phenoxy) is 2. The molecular weight excluding hydrogens is 695 g/mol. The lowest BCUT2D eigenvalue weighted by Crippen LogP contribution is -2.60. The van der Waals surface area contributed by atoms with E-state index in [1.165, 1.54) is 154 Å². The molecule has 0 bridgehead atoms. The number of amides is 1. The smallest absolute Gasteiger partial charge is 0.220 e. The molecule has 1 saturated heterocycles. The van der Waals surface area contributed by atoms with E-state index in [1.807, 2.05) is 0 Å². The molecule has 328 valence electrons. The van der Waals surface area contributed by atoms with Gasteiger partial charge in [-0.2, -0.15) is 0 Å². The van der Waals surface area contributed by atoms with Gasteiger partial charge in [-0.05, 0) is 18.8 Å². The molecule has 0 spiro atoms. The summed E-state index contributed by atoms with van der Waals surface area (Å²) in [6.45, 7) is 6.16. The van der Waals surface area contributed by atoms with E-state index in [4.69, 9.17) is 9.47 Å². The number of carbonyl (C=O) groups excluding carboxylic acids is 1. The molecule has 0 aliphatic carbocycles. The summed E-state index contributed by atoms with van der Waals surface area (Å²) in [4.78, 5) is 13.0. The molecule has 9 nitrogen and oxygen atoms in total. The Morgan fingerprint density at radius 2 is 0.982 bits per heavy atom. The van der Waals surface area contributed by atoms with E-state index in [1.54, 1.807) is 0 Å². The number of rotatable bonds is 39. The molecule has 9 heteroatoms. The Labute approximate surface area is 338 Å². The predicted molar refractivity (Wildman–Crippen MR) is 226 cm³/mol. The fourth-order valence-corrected chi connectivity index (χ4v) is 7.82. The highest BCUT2D eigenvalue weighted by molar-refractivity contribution is 5.76. The number of nitrogens with one attached hydrogen (secondary N) is 1. The Balaban J connectivity index is 2.27. The maximum Gasteiger partial charge on any atom is 0.220 e. The van der Waals surface area contributed by atoms with Crippen molar-refractivity contribution in [1.29, 1.82) is 0 Å². The zero-order chi connectivity index (χ0) is 40.4. The van der Waals surface area contributed by atoms with E-state index < -0.39 is 49.5 Å². The lowest BCUT2D eigenvalue weighted by molar-refractivity contribution is -0.302. The van der Waals surface area contributed by atoms with Crippen LogP contribution in [0.25, 0.3) is 0 Å². The molecule has 1 aliphatic rings. The number of carbonyl (C=O) groups is 1. The molecule has 1 amide bonds. The van der Waals surface area contributed by atoms with E-state index in [0.29, 0.717) is 12.8 Å². The van der Waals surface area contributed by atoms with Gasteiger partial charge < -0.3 is 40.3 Å². The Morgan fingerprint density at radius 1 is 0.582 bits per heavy atom. The van der Waals surface area contributed by atoms with Gasteiger partial charge in [0.25, 0.3) is 0 Å². The summed E-state index contributed by atoms with van der Waals surface area (Å²) in [6, 6.07) is -0.712. The average molecular weight is 786 g/mol. The molecule has 0 saturated carbocycles. The topological polar surface area (TPSA) is 149 Å². The number of hydrogen-bond acceptors (Lipinski definition) is 8. The lowest BCUT2D eigenvalue weighted by atomic mass is 9.99. The van der Waals surface area contributed by atoms with Gasteiger partial charge in [-0.1, -0.05) is 207 Å². The molecule has 0 aromatic rings. The largest absolute Gasteiger partial charge is 0.394 e. The zero-order valence-corrected chi connectivity index (χ0v) is 36.1. The Kier molecular flexibility index (Phi) is 34.4. The van der Waals surface area contributed by atoms with Crippen LogP contribution < -0.4 is 5.32 Å². The van der Waals surface area contributed by atoms with Crippen molar-refractivity contribution in [3.05, 3.63) is 0 Å². The van der Waals surface area contributed by atoms with Crippen LogP contribution in [0.15, 0.2) is 0 Å². The summed E-state index contributed by atoms with van der Waals surface area (Å²) in [6.07, 6.45) is 31.2. The van der Waals surface area contributed by atoms with E-state index in [2.05, 4.69) is 26.1 Å². The minimum atomic E-state index is -1.55. The van der Waals surface area contributed by atoms with Gasteiger partial charge in [0.05, 0.1) is 25.4 Å². The first-order valence-electron chi connectivity index (χ1n) is 23.6. The molecule has 7 atom stereocenters. The molecule has 6 N–H and O–H groups in total. The highest BCUT2D eigenvalue weighted by Crippen LogP contribution is 2.23. The van der Waals surface area contributed by atoms with Crippen molar-refractivity contribution in [1.82, 2.24) is 5.32 Å². The van der Waals surface area contributed by atoms with Crippen LogP contribution in [0.3, 0.4) is 0 Å². The third-order valence-corrected chi connectivity index (χ3v) is 11.6. The van der Waals surface area contributed by atoms with Gasteiger partial charge in [0.15, 0.2) is 6.29 Å². The number of unbranched alkanes of at least 4 members (excludes halogenated alkanes) is 27. The first-order valence-corrected chi connectivity index (χ1v) is 23.6. The van der Waals surface area contributed by atoms with Crippen LogP contribution in [0.1, 0.15) is 226 Å². The molecule has 0 radical (unpaired) electrons. The van der Waals surface area contributed by atoms with E-state index in [-0.39, 0.29) is 12.5 Å². The van der Waals surface area contributed by atoms with Crippen molar-refractivity contribution < 1.29 is 39.8 Å². The summed E-state index contributed by atoms with van der Waals surface area (Å²) >= 11 is 0. The molecule has 1 heterocycles. The molecule has 0 aromatic heterocycles. The predicted octanol–water partition coefficient (Wildman–Crippen LogP) is 9.81. The maximum absolute atomic E-state index is 13.0. The van der Waals surface area contributed by atoms with Crippen LogP contribution in [-0.4, -0.2) is 87.5 Å². The Morgan fingerprint density at radius 3 is 1.40 bits per heavy atom. The summed E-state index contributed by atoms with van der Waals surface area (Å²) in [7, 11) is 0. The fraction of sp³-hybridized carbons (Fsp3) is 0.978. The number of hydrogen-bond donors (Lipinski definition) is 6. The highest BCUT2D eigenvalue weighted by Gasteiger charge is 2.44. The molecule has 0 aromatic carbocycles. The van der Waals surface area contributed by atoms with Crippen molar-refractivity contribution in [2.24, 2.45) is 5.92 Å². The summed E-state index contributed by atoms with van der Waals surface area (Å²) in [5.41, 5.74) is 0. The van der Waals surface area contributed by atoms with Gasteiger partial charge in [-0.3, -0.25) is 4.79 Å². The second-order valence-corrected chi connectivity index (χ2v) is 17.4. The van der Waals surface area contributed by atoms with Crippen LogP contribution >= 0.6 is 0 Å². The van der Waals surface area contributed by atoms with Crippen molar-refractivity contribution in [2.45, 2.75) is 269 Å². The van der Waals surface area contributed by atoms with Gasteiger partial charge >= 0.3 is 0 Å². The average Bonchev–Trinajstić information content (AvgIpc) is 3.17. The normalized spacial score (nSPS) is 21.3. The second-order valence-electron chi connectivity index (χ2n) is 17.4. The molecule has 1 fully saturated rings. The van der Waals surface area contributed by atoms with Crippen LogP contribution in [0.2, 0.25) is 0 Å². The lowest BCUT2D eigenvalue weighted by Gasteiger charge is -2.40. The fourth-order valence-electron chi connectivity index (χ4n) is 7.82. The van der Waals surface area contributed by atoms with Crippen LogP contribution in [-0.2, 0) is 14.3 Å². The minimum absolute atomic E-state index is 0.133. The van der Waals surface area contributed by atoms with Gasteiger partial charge in [0.2, 0.25) is 5.91 Å². The van der Waals surface area contributed by atoms with Gasteiger partial charge in [-0.25, -0.2) is 0 Å². The van der Waals surface area contributed by atoms with Crippen LogP contribution in [0, 0.1) is 5.92 Å². The quantitative estimate of drug-likeness (QED) is 0.0338. The number of aliphatic hydroxyl groups is 5. The SMILES string of the molecule is CCCCCCCCCCCCCCCCCCCCCCC(=O)N[C@@H](CO[C@@H]1O[C@H](CO)[C@@H](O)[C@H](O)[C@H]1O)[C@H](O)CCCCCCCCCCCC(C)C. The minimum Gasteiger partial charge on any atom is -0.394 e. The van der Waals surface area contributed by atoms with Crippen molar-refractivity contribution in [2.75, 3.05) is 13.2 Å². The van der Waals surface area contributed by atoms with E-state index in [0.717, 1.165) is 44.4 Å². The monoisotopic (exact) mass is 786 g/mol. The first-order chi connectivity index (χ1) is 26.7. The van der Waals surface area contributed by atoms with Crippen molar-refractivity contribution >= 4 is 5.91 Å². The van der Waals surface area contributed by atoms with Gasteiger partial charge in [0, 0.05) is 6.42 Å². The molecule has 0 unspecified atom stereocenters. The van der Waals surface area contributed by atoms with Crippen molar-refractivity contribution in [3.8, 4) is 0 Å². The Hall–Kier alpha value is -0.810. The molecular formula is C46H91NO8. The van der Waals surface area contributed by atoms with Crippen LogP contribution in [0.5, 0.6) is 0 Å². The summed E-state index contributed by atoms with van der Waals surface area (Å²) in [5, 5.41) is 54.3. The number of aliphatic hydroxyl groups excluding tert-OH is 5. The van der Waals surface area contributed by atoms with Crippen LogP contribution in [0.4, 0.5) is 0 Å². The van der Waals surface area contributed by atoms with E-state index >= 15 is 0 Å². The highest BCUT2D eigenvalue weighted by atomic mass is 16.7. The zero-order valence-electron chi connectivity index (χ0n) is 36.1. The molecule has 1 aliphatic heterocycles. The standard InChI is InChI=1S/C46H91NO8/c1-4-5-6-7-8-9-10-11-12-13-14-15-16-17-18-19-23-26-29-32-35-42(50)47-39(37-54-46-45(53)44(52)43(51)41(36-48)55-46)40(49)34-31-28-25-22-20-21-24-27-30-33-38(2)3/h38-41,43-46,48-49,51-53H,4-37H2,1-3H3,(H,47,50)/t39-,40+,41+,43+,44-,45+,46+/m0/s1. The summed E-state index contributed by atoms with van der Waals surface area (Å²) < 4.78 is 11.3.